The number of aliphatic hydroxyl groups excluding tert-OH is 1. The molecule has 0 aliphatic heterocycles. The highest BCUT2D eigenvalue weighted by Gasteiger charge is 2.26. The number of nitrogens with one attached hydrogen (secondary N) is 2. The van der Waals surface area contributed by atoms with Crippen molar-refractivity contribution in [3.63, 3.8) is 0 Å². The summed E-state index contributed by atoms with van der Waals surface area (Å²) in [5.74, 6) is 6.76. The van der Waals surface area contributed by atoms with Crippen molar-refractivity contribution in [2.45, 2.75) is 19.3 Å². The van der Waals surface area contributed by atoms with Crippen LogP contribution in [0.5, 0.6) is 6.01 Å². The van der Waals surface area contributed by atoms with Crippen molar-refractivity contribution in [3.05, 3.63) is 0 Å². The van der Waals surface area contributed by atoms with Gasteiger partial charge in [0.1, 0.15) is 0 Å². The topological polar surface area (TPSA) is 118 Å². The van der Waals surface area contributed by atoms with Crippen LogP contribution in [0.3, 0.4) is 0 Å². The fourth-order valence-electron chi connectivity index (χ4n) is 2.44. The molecular formula is C11H20N6O2. The van der Waals surface area contributed by atoms with Crippen molar-refractivity contribution in [2.75, 3.05) is 31.0 Å². The van der Waals surface area contributed by atoms with Crippen molar-refractivity contribution in [3.8, 4) is 6.01 Å². The van der Waals surface area contributed by atoms with E-state index < -0.39 is 0 Å². The van der Waals surface area contributed by atoms with Crippen LogP contribution in [0.15, 0.2) is 0 Å². The second-order valence-corrected chi connectivity index (χ2v) is 4.63. The third kappa shape index (κ3) is 3.42. The van der Waals surface area contributed by atoms with Gasteiger partial charge in [0, 0.05) is 13.2 Å². The quantitative estimate of drug-likeness (QED) is 0.420. The van der Waals surface area contributed by atoms with Gasteiger partial charge >= 0.3 is 6.01 Å². The highest BCUT2D eigenvalue weighted by molar-refractivity contribution is 5.34. The molecule has 1 aromatic rings. The normalized spacial score (nSPS) is 22.3. The second kappa shape index (κ2) is 6.48. The number of rotatable bonds is 6. The molecule has 5 N–H and O–H groups in total. The molecule has 106 valence electrons. The maximum atomic E-state index is 9.28. The Bertz CT molecular complexity index is 394. The van der Waals surface area contributed by atoms with Crippen LogP contribution >= 0.6 is 0 Å². The molecule has 2 rings (SSSR count). The highest BCUT2D eigenvalue weighted by atomic mass is 16.5. The molecule has 2 atom stereocenters. The Kier molecular flexibility index (Phi) is 4.69. The molecule has 0 spiro atoms. The van der Waals surface area contributed by atoms with Crippen molar-refractivity contribution in [1.29, 1.82) is 0 Å². The summed E-state index contributed by atoms with van der Waals surface area (Å²) in [4.78, 5) is 12.1. The maximum absolute atomic E-state index is 9.28. The van der Waals surface area contributed by atoms with E-state index in [1.165, 1.54) is 7.11 Å². The fourth-order valence-corrected chi connectivity index (χ4v) is 2.44. The molecule has 1 saturated carbocycles. The minimum absolute atomic E-state index is 0.204. The van der Waals surface area contributed by atoms with Crippen molar-refractivity contribution in [1.82, 2.24) is 15.0 Å². The Morgan fingerprint density at radius 1 is 1.26 bits per heavy atom. The molecular weight excluding hydrogens is 248 g/mol. The van der Waals surface area contributed by atoms with Crippen LogP contribution in [-0.4, -0.2) is 40.3 Å². The lowest BCUT2D eigenvalue weighted by Crippen LogP contribution is -2.22. The molecule has 0 amide bonds. The van der Waals surface area contributed by atoms with Crippen LogP contribution in [0.4, 0.5) is 11.9 Å². The summed E-state index contributed by atoms with van der Waals surface area (Å²) in [5, 5.41) is 12.4. The molecule has 0 radical (unpaired) electrons. The molecule has 0 bridgehead atoms. The van der Waals surface area contributed by atoms with Gasteiger partial charge in [0.2, 0.25) is 11.9 Å². The number of anilines is 2. The lowest BCUT2D eigenvalue weighted by atomic mass is 9.97. The van der Waals surface area contributed by atoms with Gasteiger partial charge in [-0.2, -0.15) is 15.0 Å². The Morgan fingerprint density at radius 3 is 2.68 bits per heavy atom. The first-order chi connectivity index (χ1) is 9.26. The minimum Gasteiger partial charge on any atom is -0.467 e. The first-order valence-corrected chi connectivity index (χ1v) is 6.38. The number of methoxy groups -OCH3 is 1. The zero-order chi connectivity index (χ0) is 13.7. The molecule has 2 unspecified atom stereocenters. The molecule has 1 aromatic heterocycles. The predicted molar refractivity (Wildman–Crippen MR) is 70.6 cm³/mol. The van der Waals surface area contributed by atoms with Crippen molar-refractivity contribution in [2.24, 2.45) is 17.7 Å². The zero-order valence-electron chi connectivity index (χ0n) is 11.0. The monoisotopic (exact) mass is 268 g/mol. The number of hydrogen-bond donors (Lipinski definition) is 4. The van der Waals surface area contributed by atoms with Crippen LogP contribution in [0, 0.1) is 11.8 Å². The zero-order valence-corrected chi connectivity index (χ0v) is 11.0. The Morgan fingerprint density at radius 2 is 2.00 bits per heavy atom. The predicted octanol–water partition coefficient (Wildman–Crippen LogP) is -0.0137. The van der Waals surface area contributed by atoms with Gasteiger partial charge in [0.15, 0.2) is 0 Å². The molecule has 1 fully saturated rings. The number of ether oxygens (including phenoxy) is 1. The van der Waals surface area contributed by atoms with Gasteiger partial charge in [-0.15, -0.1) is 0 Å². The SMILES string of the molecule is COc1nc(NN)nc(NCC2CCCC2CO)n1. The first kappa shape index (κ1) is 13.8. The van der Waals surface area contributed by atoms with Gasteiger partial charge in [0.05, 0.1) is 7.11 Å². The number of aromatic nitrogens is 3. The molecule has 0 aromatic carbocycles. The second-order valence-electron chi connectivity index (χ2n) is 4.63. The smallest absolute Gasteiger partial charge is 0.322 e. The van der Waals surface area contributed by atoms with Gasteiger partial charge < -0.3 is 15.2 Å². The molecule has 1 aliphatic rings. The summed E-state index contributed by atoms with van der Waals surface area (Å²) >= 11 is 0. The van der Waals surface area contributed by atoms with Crippen molar-refractivity contribution < 1.29 is 9.84 Å². The molecule has 8 heteroatoms. The van der Waals surface area contributed by atoms with Gasteiger partial charge in [-0.05, 0) is 24.7 Å². The van der Waals surface area contributed by atoms with E-state index in [2.05, 4.69) is 25.7 Å². The summed E-state index contributed by atoms with van der Waals surface area (Å²) in [6.45, 7) is 0.963. The third-order valence-electron chi connectivity index (χ3n) is 3.50. The molecule has 1 heterocycles. The summed E-state index contributed by atoms with van der Waals surface area (Å²) in [6, 6.07) is 0.204. The lowest BCUT2D eigenvalue weighted by Gasteiger charge is -2.17. The number of nitrogens with zero attached hydrogens (tertiary/aromatic N) is 3. The van der Waals surface area contributed by atoms with Gasteiger partial charge in [0.25, 0.3) is 0 Å². The highest BCUT2D eigenvalue weighted by Crippen LogP contribution is 2.31. The number of nitrogen functional groups attached to an aromatic ring is 1. The standard InChI is InChI=1S/C11H20N6O2/c1-19-11-15-9(14-10(16-11)17-12)13-5-7-3-2-4-8(7)6-18/h7-8,18H,2-6,12H2,1H3,(H2,13,14,15,16,17). The van der Waals surface area contributed by atoms with Crippen LogP contribution in [0.1, 0.15) is 19.3 Å². The maximum Gasteiger partial charge on any atom is 0.322 e. The van der Waals surface area contributed by atoms with E-state index >= 15 is 0 Å². The average molecular weight is 268 g/mol. The van der Waals surface area contributed by atoms with Crippen LogP contribution in [0.25, 0.3) is 0 Å². The average Bonchev–Trinajstić information content (AvgIpc) is 2.92. The molecule has 1 aliphatic carbocycles. The Hall–Kier alpha value is -1.67. The number of hydrogen-bond acceptors (Lipinski definition) is 8. The summed E-state index contributed by atoms with van der Waals surface area (Å²) in [5.41, 5.74) is 2.37. The fraction of sp³-hybridized carbons (Fsp3) is 0.727. The third-order valence-corrected chi connectivity index (χ3v) is 3.50. The van der Waals surface area contributed by atoms with E-state index in [1.54, 1.807) is 0 Å². The Balaban J connectivity index is 1.98. The van der Waals surface area contributed by atoms with E-state index in [9.17, 15) is 5.11 Å². The number of aliphatic hydroxyl groups is 1. The number of hydrazine groups is 1. The van der Waals surface area contributed by atoms with Crippen LogP contribution in [0.2, 0.25) is 0 Å². The summed E-state index contributed by atoms with van der Waals surface area (Å²) in [6.07, 6.45) is 3.36. The van der Waals surface area contributed by atoms with E-state index in [1.807, 2.05) is 0 Å². The molecule has 19 heavy (non-hydrogen) atoms. The van der Waals surface area contributed by atoms with E-state index in [-0.39, 0.29) is 18.6 Å². The minimum atomic E-state index is 0.204. The van der Waals surface area contributed by atoms with E-state index in [4.69, 9.17) is 10.6 Å². The molecule has 8 nitrogen and oxygen atoms in total. The van der Waals surface area contributed by atoms with Crippen molar-refractivity contribution >= 4 is 11.9 Å². The first-order valence-electron chi connectivity index (χ1n) is 6.38. The van der Waals surface area contributed by atoms with Crippen LogP contribution in [-0.2, 0) is 0 Å². The van der Waals surface area contributed by atoms with Crippen LogP contribution < -0.4 is 21.3 Å². The summed E-state index contributed by atoms with van der Waals surface area (Å²) < 4.78 is 4.97. The number of nitrogens with two attached hydrogens (primary N) is 1. The van der Waals surface area contributed by atoms with E-state index in [0.29, 0.717) is 17.8 Å². The van der Waals surface area contributed by atoms with Gasteiger partial charge in [-0.25, -0.2) is 5.84 Å². The summed E-state index contributed by atoms with van der Waals surface area (Å²) in [7, 11) is 1.48. The largest absolute Gasteiger partial charge is 0.467 e. The van der Waals surface area contributed by atoms with E-state index in [0.717, 1.165) is 25.8 Å². The van der Waals surface area contributed by atoms with Gasteiger partial charge in [-0.1, -0.05) is 6.42 Å². The Labute approximate surface area is 111 Å². The molecule has 0 saturated heterocycles. The van der Waals surface area contributed by atoms with Gasteiger partial charge in [-0.3, -0.25) is 5.43 Å². The lowest BCUT2D eigenvalue weighted by molar-refractivity contribution is 0.198.